The predicted octanol–water partition coefficient (Wildman–Crippen LogP) is 13.1. The van der Waals surface area contributed by atoms with E-state index in [9.17, 15) is 14.4 Å². The van der Waals surface area contributed by atoms with Crippen molar-refractivity contribution in [3.63, 3.8) is 0 Å². The number of rotatable bonds is 39. The largest absolute Gasteiger partial charge is 0.480 e. The van der Waals surface area contributed by atoms with Gasteiger partial charge in [0.1, 0.15) is 12.6 Å². The minimum absolute atomic E-state index is 0.00553. The second-order valence-electron chi connectivity index (χ2n) is 14.6. The van der Waals surface area contributed by atoms with Crippen LogP contribution in [0.4, 0.5) is 0 Å². The Labute approximate surface area is 309 Å². The summed E-state index contributed by atoms with van der Waals surface area (Å²) in [6.07, 6.45) is 47.5. The van der Waals surface area contributed by atoms with Gasteiger partial charge in [-0.05, 0) is 70.6 Å². The number of nitrogens with one attached hydrogen (secondary N) is 1. The lowest BCUT2D eigenvalue weighted by atomic mass is 10.0. The molecule has 0 fully saturated rings. The van der Waals surface area contributed by atoms with E-state index >= 15 is 0 Å². The fraction of sp³-hybridized carbons (Fsp3) is 0.841. The van der Waals surface area contributed by atoms with Crippen LogP contribution in [-0.2, 0) is 19.1 Å². The molecule has 2 N–H and O–H groups in total. The second-order valence-corrected chi connectivity index (χ2v) is 14.6. The van der Waals surface area contributed by atoms with E-state index in [2.05, 4.69) is 43.5 Å². The van der Waals surface area contributed by atoms with Gasteiger partial charge in [0.15, 0.2) is 0 Å². The van der Waals surface area contributed by atoms with Crippen molar-refractivity contribution in [2.45, 2.75) is 232 Å². The fourth-order valence-corrected chi connectivity index (χ4v) is 6.43. The standard InChI is InChI=1S/C44H81NO5/c1-3-5-7-9-11-12-13-14-15-16-17-18-19-20-21-22-23-24-25-26-27-29-35-39-44(49)50-41(36-32-28-10-8-6-4-2)37-33-30-31-34-38-42(46)45-40-43(47)48/h13-14,16-17,41H,3-12,15,18-40H2,1-2H3,(H,45,46)(H,47,48)/b14-13-,17-16-. The van der Waals surface area contributed by atoms with Crippen LogP contribution in [0.15, 0.2) is 24.3 Å². The Kier molecular flexibility index (Phi) is 38.0. The molecule has 1 unspecified atom stereocenters. The van der Waals surface area contributed by atoms with Gasteiger partial charge in [-0.3, -0.25) is 14.4 Å². The predicted molar refractivity (Wildman–Crippen MR) is 213 cm³/mol. The van der Waals surface area contributed by atoms with Crippen molar-refractivity contribution >= 4 is 17.8 Å². The van der Waals surface area contributed by atoms with Gasteiger partial charge < -0.3 is 15.2 Å². The molecule has 0 aliphatic heterocycles. The maximum Gasteiger partial charge on any atom is 0.322 e. The van der Waals surface area contributed by atoms with Crippen LogP contribution >= 0.6 is 0 Å². The van der Waals surface area contributed by atoms with Gasteiger partial charge in [0.2, 0.25) is 5.91 Å². The van der Waals surface area contributed by atoms with Crippen LogP contribution in [0.2, 0.25) is 0 Å². The number of hydrogen-bond donors (Lipinski definition) is 2. The Hall–Kier alpha value is -2.11. The molecule has 6 nitrogen and oxygen atoms in total. The molecule has 0 aromatic carbocycles. The highest BCUT2D eigenvalue weighted by atomic mass is 16.5. The van der Waals surface area contributed by atoms with Gasteiger partial charge in [-0.25, -0.2) is 0 Å². The van der Waals surface area contributed by atoms with Crippen molar-refractivity contribution in [2.75, 3.05) is 6.54 Å². The van der Waals surface area contributed by atoms with E-state index < -0.39 is 5.97 Å². The molecule has 0 radical (unpaired) electrons. The van der Waals surface area contributed by atoms with Crippen molar-refractivity contribution in [3.05, 3.63) is 24.3 Å². The SMILES string of the molecule is CCCCCCC/C=C\C/C=C\CCCCCCCCCCCCCC(=O)OC(CCCCCCCC)CCCCCCC(=O)NCC(=O)O. The molecule has 0 rings (SSSR count). The zero-order chi connectivity index (χ0) is 36.6. The quantitative estimate of drug-likeness (QED) is 0.0378. The van der Waals surface area contributed by atoms with Crippen LogP contribution in [0.25, 0.3) is 0 Å². The lowest BCUT2D eigenvalue weighted by Gasteiger charge is -2.18. The third-order valence-corrected chi connectivity index (χ3v) is 9.63. The Morgan fingerprint density at radius 2 is 0.920 bits per heavy atom. The number of ether oxygens (including phenoxy) is 1. The number of carbonyl (C=O) groups excluding carboxylic acids is 2. The van der Waals surface area contributed by atoms with Crippen LogP contribution in [0.3, 0.4) is 0 Å². The summed E-state index contributed by atoms with van der Waals surface area (Å²) in [4.78, 5) is 34.9. The highest BCUT2D eigenvalue weighted by molar-refractivity contribution is 5.80. The third-order valence-electron chi connectivity index (χ3n) is 9.63. The Morgan fingerprint density at radius 3 is 1.38 bits per heavy atom. The Morgan fingerprint density at radius 1 is 0.520 bits per heavy atom. The zero-order valence-corrected chi connectivity index (χ0v) is 33.0. The zero-order valence-electron chi connectivity index (χ0n) is 33.0. The maximum absolute atomic E-state index is 12.6. The summed E-state index contributed by atoms with van der Waals surface area (Å²) in [6.45, 7) is 4.19. The normalized spacial score (nSPS) is 12.2. The molecule has 0 heterocycles. The lowest BCUT2D eigenvalue weighted by Crippen LogP contribution is -2.28. The van der Waals surface area contributed by atoms with Gasteiger partial charge in [-0.15, -0.1) is 0 Å². The molecule has 0 aromatic rings. The molecule has 0 bridgehead atoms. The number of hydrogen-bond acceptors (Lipinski definition) is 4. The van der Waals surface area contributed by atoms with Crippen molar-refractivity contribution in [3.8, 4) is 0 Å². The molecule has 1 atom stereocenters. The Bertz CT molecular complexity index is 823. The van der Waals surface area contributed by atoms with Crippen LogP contribution in [0, 0.1) is 0 Å². The molecule has 0 aliphatic rings. The van der Waals surface area contributed by atoms with Crippen LogP contribution in [0.1, 0.15) is 226 Å². The number of carbonyl (C=O) groups is 3. The van der Waals surface area contributed by atoms with E-state index in [1.807, 2.05) is 0 Å². The Balaban J connectivity index is 3.84. The van der Waals surface area contributed by atoms with Crippen molar-refractivity contribution in [1.82, 2.24) is 5.32 Å². The first-order valence-electron chi connectivity index (χ1n) is 21.5. The van der Waals surface area contributed by atoms with Gasteiger partial charge in [0, 0.05) is 12.8 Å². The van der Waals surface area contributed by atoms with Crippen LogP contribution < -0.4 is 5.32 Å². The first-order chi connectivity index (χ1) is 24.5. The smallest absolute Gasteiger partial charge is 0.322 e. The van der Waals surface area contributed by atoms with Crippen LogP contribution in [-0.4, -0.2) is 35.6 Å². The third kappa shape index (κ3) is 38.7. The van der Waals surface area contributed by atoms with E-state index in [4.69, 9.17) is 9.84 Å². The topological polar surface area (TPSA) is 92.7 Å². The van der Waals surface area contributed by atoms with E-state index in [1.165, 1.54) is 135 Å². The summed E-state index contributed by atoms with van der Waals surface area (Å²) in [5.74, 6) is -1.26. The first-order valence-corrected chi connectivity index (χ1v) is 21.5. The van der Waals surface area contributed by atoms with E-state index in [0.717, 1.165) is 64.2 Å². The number of aliphatic carboxylic acids is 1. The number of esters is 1. The summed E-state index contributed by atoms with van der Waals surface area (Å²) < 4.78 is 5.96. The van der Waals surface area contributed by atoms with Gasteiger partial charge >= 0.3 is 11.9 Å². The molecule has 0 spiro atoms. The minimum Gasteiger partial charge on any atom is -0.480 e. The van der Waals surface area contributed by atoms with Crippen molar-refractivity contribution in [1.29, 1.82) is 0 Å². The molecule has 0 saturated carbocycles. The first kappa shape index (κ1) is 47.9. The molecule has 50 heavy (non-hydrogen) atoms. The van der Waals surface area contributed by atoms with Gasteiger partial charge in [-0.1, -0.05) is 167 Å². The molecule has 292 valence electrons. The van der Waals surface area contributed by atoms with Crippen molar-refractivity contribution < 1.29 is 24.2 Å². The molecular weight excluding hydrogens is 622 g/mol. The molecule has 0 saturated heterocycles. The summed E-state index contributed by atoms with van der Waals surface area (Å²) in [6, 6.07) is 0. The monoisotopic (exact) mass is 704 g/mol. The molecule has 0 aromatic heterocycles. The van der Waals surface area contributed by atoms with Gasteiger partial charge in [0.05, 0.1) is 0 Å². The van der Waals surface area contributed by atoms with E-state index in [1.54, 1.807) is 0 Å². The molecule has 0 aliphatic carbocycles. The molecule has 6 heteroatoms. The highest BCUT2D eigenvalue weighted by Crippen LogP contribution is 2.19. The van der Waals surface area contributed by atoms with Crippen LogP contribution in [0.5, 0.6) is 0 Å². The van der Waals surface area contributed by atoms with E-state index in [-0.39, 0.29) is 24.5 Å². The van der Waals surface area contributed by atoms with Gasteiger partial charge in [-0.2, -0.15) is 0 Å². The minimum atomic E-state index is -1.02. The fourth-order valence-electron chi connectivity index (χ4n) is 6.43. The summed E-state index contributed by atoms with van der Waals surface area (Å²) in [5, 5.41) is 11.1. The second kappa shape index (κ2) is 39.7. The summed E-state index contributed by atoms with van der Waals surface area (Å²) in [7, 11) is 0. The molecule has 1 amide bonds. The molecular formula is C44H81NO5. The number of allylic oxidation sites excluding steroid dienone is 4. The van der Waals surface area contributed by atoms with Crippen molar-refractivity contribution in [2.24, 2.45) is 0 Å². The van der Waals surface area contributed by atoms with Gasteiger partial charge in [0.25, 0.3) is 0 Å². The summed E-state index contributed by atoms with van der Waals surface area (Å²) in [5.41, 5.74) is 0. The number of carboxylic acid groups (broad SMARTS) is 1. The summed E-state index contributed by atoms with van der Waals surface area (Å²) >= 11 is 0. The average molecular weight is 704 g/mol. The number of unbranched alkanes of at least 4 members (excludes halogenated alkanes) is 24. The lowest BCUT2D eigenvalue weighted by molar-refractivity contribution is -0.150. The maximum atomic E-state index is 12.6. The number of amides is 1. The van der Waals surface area contributed by atoms with E-state index in [0.29, 0.717) is 12.8 Å². The number of carboxylic acids is 1. The average Bonchev–Trinajstić information content (AvgIpc) is 3.10. The highest BCUT2D eigenvalue weighted by Gasteiger charge is 2.14.